The van der Waals surface area contributed by atoms with Crippen LogP contribution in [0.3, 0.4) is 0 Å². The number of anilines is 2. The van der Waals surface area contributed by atoms with E-state index in [0.717, 1.165) is 28.1 Å². The van der Waals surface area contributed by atoms with Crippen LogP contribution in [0.1, 0.15) is 29.2 Å². The van der Waals surface area contributed by atoms with Crippen molar-refractivity contribution in [2.75, 3.05) is 29.5 Å². The molecule has 0 radical (unpaired) electrons. The Labute approximate surface area is 289 Å². The Balaban J connectivity index is 1.51. The van der Waals surface area contributed by atoms with E-state index >= 15 is 9.59 Å². The first-order chi connectivity index (χ1) is 22.7. The first-order valence-electron chi connectivity index (χ1n) is 15.9. The minimum absolute atomic E-state index is 0.0973. The second-order valence-corrected chi connectivity index (χ2v) is 15.3. The molecule has 1 spiro atoms. The number of hydrogen-bond donors (Lipinski definition) is 1. The topological polar surface area (TPSA) is 81.2 Å². The average Bonchev–Trinajstić information content (AvgIpc) is 3.68. The molecule has 3 amide bonds. The highest BCUT2D eigenvalue weighted by Gasteiger charge is 2.76. The molecule has 3 unspecified atom stereocenters. The predicted octanol–water partition coefficient (Wildman–Crippen LogP) is 6.24. The van der Waals surface area contributed by atoms with Gasteiger partial charge in [0, 0.05) is 34.5 Å². The minimum atomic E-state index is -0.936. The quantitative estimate of drug-likeness (QED) is 0.188. The Hall–Kier alpha value is -3.66. The summed E-state index contributed by atoms with van der Waals surface area (Å²) in [6, 6.07) is 23.1. The monoisotopic (exact) mass is 713 g/mol. The van der Waals surface area contributed by atoms with Gasteiger partial charge in [-0.05, 0) is 55.2 Å². The Kier molecular flexibility index (Phi) is 9.52. The number of nitrogens with zero attached hydrogens (tertiary/aromatic N) is 3. The number of amides is 3. The molecule has 0 aromatic heterocycles. The third kappa shape index (κ3) is 5.56. The molecule has 3 aromatic rings. The molecule has 3 heterocycles. The highest BCUT2D eigenvalue weighted by atomic mass is 79.9. The molecule has 1 N–H and O–H groups in total. The fourth-order valence-electron chi connectivity index (χ4n) is 7.83. The molecule has 7 atom stereocenters. The Bertz CT molecular complexity index is 1690. The highest BCUT2D eigenvalue weighted by Crippen LogP contribution is 2.69. The normalized spacial score (nSPS) is 26.5. The Morgan fingerprint density at radius 2 is 1.64 bits per heavy atom. The number of benzene rings is 3. The summed E-state index contributed by atoms with van der Waals surface area (Å²) in [5, 5.41) is 10.7. The first-order valence-corrected chi connectivity index (χ1v) is 17.7. The van der Waals surface area contributed by atoms with Crippen molar-refractivity contribution in [3.63, 3.8) is 0 Å². The Morgan fingerprint density at radius 3 is 2.28 bits per heavy atom. The summed E-state index contributed by atoms with van der Waals surface area (Å²) in [5.41, 5.74) is 4.14. The average molecular weight is 715 g/mol. The van der Waals surface area contributed by atoms with Gasteiger partial charge >= 0.3 is 0 Å². The SMILES string of the molecule is C=CCN(C(=O)[C@H]1[C@@H]2SC3(CC2Br)C(C(=O)N(CC=C)c2cc(C)ccc2C)N([C@H](CO)c2ccccc2)C(=O)[C@H]13)c1ccccc1. The minimum Gasteiger partial charge on any atom is -0.394 e. The molecule has 3 saturated heterocycles. The van der Waals surface area contributed by atoms with E-state index < -0.39 is 28.7 Å². The fraction of sp³-hybridized carbons (Fsp3) is 0.342. The van der Waals surface area contributed by atoms with Crippen LogP contribution in [0.2, 0.25) is 0 Å². The fourth-order valence-corrected chi connectivity index (χ4v) is 11.4. The van der Waals surface area contributed by atoms with E-state index in [9.17, 15) is 9.90 Å². The number of alkyl halides is 1. The van der Waals surface area contributed by atoms with Crippen molar-refractivity contribution in [3.8, 4) is 0 Å². The third-order valence-electron chi connectivity index (χ3n) is 9.82. The first kappa shape index (κ1) is 33.2. The van der Waals surface area contributed by atoms with Gasteiger partial charge in [0.05, 0.1) is 29.2 Å². The summed E-state index contributed by atoms with van der Waals surface area (Å²) in [5.74, 6) is -2.12. The van der Waals surface area contributed by atoms with Crippen LogP contribution in [0, 0.1) is 25.7 Å². The van der Waals surface area contributed by atoms with Crippen LogP contribution in [-0.2, 0) is 14.4 Å². The van der Waals surface area contributed by atoms with E-state index in [-0.39, 0.29) is 47.5 Å². The van der Waals surface area contributed by atoms with Gasteiger partial charge in [-0.1, -0.05) is 88.7 Å². The number of rotatable bonds is 11. The molecule has 7 nitrogen and oxygen atoms in total. The lowest BCUT2D eigenvalue weighted by molar-refractivity contribution is -0.142. The van der Waals surface area contributed by atoms with Crippen LogP contribution in [-0.4, -0.2) is 68.3 Å². The van der Waals surface area contributed by atoms with Gasteiger partial charge in [-0.2, -0.15) is 0 Å². The lowest BCUT2D eigenvalue weighted by atomic mass is 9.70. The molecule has 6 rings (SSSR count). The summed E-state index contributed by atoms with van der Waals surface area (Å²) >= 11 is 5.49. The zero-order chi connectivity index (χ0) is 33.5. The summed E-state index contributed by atoms with van der Waals surface area (Å²) in [6.07, 6.45) is 3.92. The summed E-state index contributed by atoms with van der Waals surface area (Å²) in [4.78, 5) is 49.9. The number of halogens is 1. The smallest absolute Gasteiger partial charge is 0.251 e. The van der Waals surface area contributed by atoms with Gasteiger partial charge in [0.2, 0.25) is 11.8 Å². The van der Waals surface area contributed by atoms with Crippen LogP contribution < -0.4 is 9.80 Å². The van der Waals surface area contributed by atoms with E-state index in [0.29, 0.717) is 6.42 Å². The van der Waals surface area contributed by atoms with Gasteiger partial charge in [-0.3, -0.25) is 14.4 Å². The summed E-state index contributed by atoms with van der Waals surface area (Å²) < 4.78 is -0.900. The molecule has 47 heavy (non-hydrogen) atoms. The van der Waals surface area contributed by atoms with E-state index in [2.05, 4.69) is 29.1 Å². The van der Waals surface area contributed by atoms with Crippen LogP contribution in [0.5, 0.6) is 0 Å². The molecule has 2 bridgehead atoms. The Morgan fingerprint density at radius 1 is 1.00 bits per heavy atom. The number of aliphatic hydroxyl groups is 1. The van der Waals surface area contributed by atoms with Crippen molar-refractivity contribution >= 4 is 56.8 Å². The second kappa shape index (κ2) is 13.5. The van der Waals surface area contributed by atoms with Crippen molar-refractivity contribution in [2.45, 2.75) is 47.2 Å². The molecular weight excluding hydrogens is 674 g/mol. The van der Waals surface area contributed by atoms with Gasteiger partial charge in [0.1, 0.15) is 6.04 Å². The van der Waals surface area contributed by atoms with Crippen molar-refractivity contribution in [1.29, 1.82) is 0 Å². The number of aryl methyl sites for hydroxylation is 2. The maximum atomic E-state index is 15.2. The molecule has 9 heteroatoms. The van der Waals surface area contributed by atoms with Crippen molar-refractivity contribution < 1.29 is 19.5 Å². The van der Waals surface area contributed by atoms with Crippen LogP contribution in [0.4, 0.5) is 11.4 Å². The van der Waals surface area contributed by atoms with E-state index in [1.165, 1.54) is 0 Å². The third-order valence-corrected chi connectivity index (χ3v) is 13.0. The highest BCUT2D eigenvalue weighted by molar-refractivity contribution is 9.09. The zero-order valence-corrected chi connectivity index (χ0v) is 29.1. The standard InChI is InChI=1S/C38H40BrN3O4S/c1-5-19-40(27-15-11-8-12-16-27)35(44)31-32-36(45)42(30(23-43)26-13-9-7-10-14-26)34(38(32)22-28(39)33(31)47-38)37(46)41(20-6-2)29-21-24(3)17-18-25(29)4/h5-18,21,28,30-34,43H,1-2,19-20,22-23H2,3-4H3/t28?,30-,31-,32+,33-,34?,38?/m1/s1. The number of fused-ring (bicyclic) bond motifs is 1. The lowest BCUT2D eigenvalue weighted by Gasteiger charge is -2.40. The van der Waals surface area contributed by atoms with Gasteiger partial charge < -0.3 is 19.8 Å². The number of aliphatic hydroxyl groups excluding tert-OH is 1. The zero-order valence-electron chi connectivity index (χ0n) is 26.7. The number of thioether (sulfide) groups is 1. The number of carbonyl (C=O) groups excluding carboxylic acids is 3. The van der Waals surface area contributed by atoms with Crippen molar-refractivity contribution in [2.24, 2.45) is 11.8 Å². The van der Waals surface area contributed by atoms with E-state index in [1.807, 2.05) is 92.7 Å². The molecular formula is C38H40BrN3O4S. The maximum absolute atomic E-state index is 15.2. The van der Waals surface area contributed by atoms with Gasteiger partial charge in [-0.25, -0.2) is 0 Å². The number of likely N-dealkylation sites (tertiary alicyclic amines) is 1. The molecule has 0 aliphatic carbocycles. The summed E-state index contributed by atoms with van der Waals surface area (Å²) in [7, 11) is 0. The van der Waals surface area contributed by atoms with Crippen LogP contribution in [0.15, 0.2) is 104 Å². The lowest BCUT2D eigenvalue weighted by Crippen LogP contribution is -2.56. The maximum Gasteiger partial charge on any atom is 0.251 e. The van der Waals surface area contributed by atoms with Gasteiger partial charge in [-0.15, -0.1) is 24.9 Å². The van der Waals surface area contributed by atoms with Gasteiger partial charge in [0.15, 0.2) is 0 Å². The van der Waals surface area contributed by atoms with Crippen molar-refractivity contribution in [3.05, 3.63) is 121 Å². The van der Waals surface area contributed by atoms with E-state index in [4.69, 9.17) is 0 Å². The second-order valence-electron chi connectivity index (χ2n) is 12.6. The predicted molar refractivity (Wildman–Crippen MR) is 193 cm³/mol. The molecule has 0 saturated carbocycles. The molecule has 3 aromatic carbocycles. The largest absolute Gasteiger partial charge is 0.394 e. The number of carbonyl (C=O) groups is 3. The van der Waals surface area contributed by atoms with Crippen molar-refractivity contribution in [1.82, 2.24) is 4.90 Å². The van der Waals surface area contributed by atoms with Crippen LogP contribution >= 0.6 is 27.7 Å². The van der Waals surface area contributed by atoms with Crippen LogP contribution in [0.25, 0.3) is 0 Å². The van der Waals surface area contributed by atoms with E-state index in [1.54, 1.807) is 38.6 Å². The number of para-hydroxylation sites is 1. The number of hydrogen-bond acceptors (Lipinski definition) is 5. The summed E-state index contributed by atoms with van der Waals surface area (Å²) in [6.45, 7) is 12.0. The molecule has 3 fully saturated rings. The molecule has 244 valence electrons. The van der Waals surface area contributed by atoms with Gasteiger partial charge in [0.25, 0.3) is 5.91 Å². The molecule has 3 aliphatic heterocycles. The molecule has 3 aliphatic rings.